The molecule has 0 unspecified atom stereocenters. The maximum atomic E-state index is 13.1. The van der Waals surface area contributed by atoms with Crippen molar-refractivity contribution in [1.82, 2.24) is 9.62 Å². The third-order valence-electron chi connectivity index (χ3n) is 4.73. The van der Waals surface area contributed by atoms with E-state index in [4.69, 9.17) is 21.1 Å². The van der Waals surface area contributed by atoms with Gasteiger partial charge in [0.25, 0.3) is 5.91 Å². The van der Waals surface area contributed by atoms with E-state index in [1.807, 2.05) is 19.1 Å². The van der Waals surface area contributed by atoms with E-state index in [1.165, 1.54) is 23.5 Å². The monoisotopic (exact) mass is 438 g/mol. The molecule has 1 saturated heterocycles. The first-order valence-corrected chi connectivity index (χ1v) is 11.0. The van der Waals surface area contributed by atoms with Crippen LogP contribution >= 0.6 is 11.6 Å². The van der Waals surface area contributed by atoms with Crippen LogP contribution < -0.4 is 10.1 Å². The molecule has 0 aromatic heterocycles. The highest BCUT2D eigenvalue weighted by molar-refractivity contribution is 7.89. The Balaban J connectivity index is 1.85. The van der Waals surface area contributed by atoms with Crippen LogP contribution in [-0.4, -0.2) is 52.0 Å². The van der Waals surface area contributed by atoms with Crippen LogP contribution in [0.4, 0.5) is 0 Å². The quantitative estimate of drug-likeness (QED) is 0.749. The molecule has 156 valence electrons. The van der Waals surface area contributed by atoms with Gasteiger partial charge >= 0.3 is 0 Å². The zero-order valence-corrected chi connectivity index (χ0v) is 17.8. The number of morpholine rings is 1. The van der Waals surface area contributed by atoms with Gasteiger partial charge in [-0.1, -0.05) is 23.7 Å². The maximum Gasteiger partial charge on any atom is 0.251 e. The Morgan fingerprint density at radius 3 is 2.45 bits per heavy atom. The molecule has 1 N–H and O–H groups in total. The van der Waals surface area contributed by atoms with Gasteiger partial charge in [0.1, 0.15) is 10.6 Å². The number of carbonyl (C=O) groups is 1. The van der Waals surface area contributed by atoms with E-state index in [0.717, 1.165) is 5.56 Å². The number of nitrogens with zero attached hydrogens (tertiary/aromatic N) is 1. The molecule has 0 bridgehead atoms. The standard InChI is InChI=1S/C20H23ClN2O5S/c1-14(15-3-6-17(21)7-4-15)22-20(24)16-5-8-18(27-2)19(13-16)29(25,26)23-9-11-28-12-10-23/h3-8,13-14H,9-12H2,1-2H3,(H,22,24)/t14-/m0/s1. The van der Waals surface area contributed by atoms with Crippen molar-refractivity contribution in [2.24, 2.45) is 0 Å². The fraction of sp³-hybridized carbons (Fsp3) is 0.350. The van der Waals surface area contributed by atoms with Crippen LogP contribution in [0, 0.1) is 0 Å². The summed E-state index contributed by atoms with van der Waals surface area (Å²) in [4.78, 5) is 12.7. The van der Waals surface area contributed by atoms with Gasteiger partial charge in [-0.15, -0.1) is 0 Å². The summed E-state index contributed by atoms with van der Waals surface area (Å²) < 4.78 is 37.9. The molecule has 1 heterocycles. The normalized spacial score (nSPS) is 16.2. The van der Waals surface area contributed by atoms with Gasteiger partial charge in [-0.05, 0) is 42.8 Å². The molecule has 29 heavy (non-hydrogen) atoms. The van der Waals surface area contributed by atoms with Gasteiger partial charge in [-0.25, -0.2) is 8.42 Å². The molecule has 0 radical (unpaired) electrons. The summed E-state index contributed by atoms with van der Waals surface area (Å²) in [6.07, 6.45) is 0. The molecular weight excluding hydrogens is 416 g/mol. The van der Waals surface area contributed by atoms with Crippen LogP contribution in [0.15, 0.2) is 47.4 Å². The number of hydrogen-bond acceptors (Lipinski definition) is 5. The highest BCUT2D eigenvalue weighted by Gasteiger charge is 2.30. The Labute approximate surface area is 175 Å². The number of methoxy groups -OCH3 is 1. The highest BCUT2D eigenvalue weighted by atomic mass is 35.5. The van der Waals surface area contributed by atoms with Gasteiger partial charge in [-0.3, -0.25) is 4.79 Å². The molecule has 1 aliphatic rings. The molecule has 1 atom stereocenters. The van der Waals surface area contributed by atoms with Crippen molar-refractivity contribution >= 4 is 27.5 Å². The topological polar surface area (TPSA) is 84.9 Å². The lowest BCUT2D eigenvalue weighted by atomic mass is 10.1. The summed E-state index contributed by atoms with van der Waals surface area (Å²) in [7, 11) is -2.41. The highest BCUT2D eigenvalue weighted by Crippen LogP contribution is 2.28. The van der Waals surface area contributed by atoms with E-state index < -0.39 is 10.0 Å². The van der Waals surface area contributed by atoms with Gasteiger partial charge in [0.05, 0.1) is 26.4 Å². The SMILES string of the molecule is COc1ccc(C(=O)N[C@@H](C)c2ccc(Cl)cc2)cc1S(=O)(=O)N1CCOCC1. The molecule has 0 spiro atoms. The van der Waals surface area contributed by atoms with Crippen molar-refractivity contribution < 1.29 is 22.7 Å². The minimum absolute atomic E-state index is 0.0336. The Hall–Kier alpha value is -2.13. The van der Waals surface area contributed by atoms with Crippen LogP contribution in [0.3, 0.4) is 0 Å². The van der Waals surface area contributed by atoms with Crippen molar-refractivity contribution in [2.45, 2.75) is 17.9 Å². The number of nitrogens with one attached hydrogen (secondary N) is 1. The van der Waals surface area contributed by atoms with E-state index in [9.17, 15) is 13.2 Å². The molecular formula is C20H23ClN2O5S. The largest absolute Gasteiger partial charge is 0.495 e. The molecule has 1 aliphatic heterocycles. The van der Waals surface area contributed by atoms with Gasteiger partial charge in [0, 0.05) is 23.7 Å². The lowest BCUT2D eigenvalue weighted by Gasteiger charge is -2.26. The number of ether oxygens (including phenoxy) is 2. The Morgan fingerprint density at radius 1 is 1.17 bits per heavy atom. The number of benzene rings is 2. The van der Waals surface area contributed by atoms with Crippen molar-refractivity contribution in [3.8, 4) is 5.75 Å². The second kappa shape index (κ2) is 9.13. The summed E-state index contributed by atoms with van der Waals surface area (Å²) >= 11 is 5.90. The first-order valence-electron chi connectivity index (χ1n) is 9.15. The third-order valence-corrected chi connectivity index (χ3v) is 6.90. The molecule has 1 amide bonds. The van der Waals surface area contributed by atoms with Gasteiger partial charge in [0.2, 0.25) is 10.0 Å². The average molecular weight is 439 g/mol. The van der Waals surface area contributed by atoms with Crippen molar-refractivity contribution in [3.05, 3.63) is 58.6 Å². The fourth-order valence-electron chi connectivity index (χ4n) is 3.06. The average Bonchev–Trinajstić information content (AvgIpc) is 2.74. The smallest absolute Gasteiger partial charge is 0.251 e. The van der Waals surface area contributed by atoms with E-state index in [-0.39, 0.29) is 41.2 Å². The summed E-state index contributed by atoms with van der Waals surface area (Å²) in [5.41, 5.74) is 1.12. The van der Waals surface area contributed by atoms with Crippen LogP contribution in [-0.2, 0) is 14.8 Å². The molecule has 1 fully saturated rings. The minimum Gasteiger partial charge on any atom is -0.495 e. The molecule has 3 rings (SSSR count). The molecule has 7 nitrogen and oxygen atoms in total. The second-order valence-electron chi connectivity index (χ2n) is 6.63. The summed E-state index contributed by atoms with van der Waals surface area (Å²) in [5, 5.41) is 3.49. The minimum atomic E-state index is -3.81. The zero-order valence-electron chi connectivity index (χ0n) is 16.2. The summed E-state index contributed by atoms with van der Waals surface area (Å²) in [5.74, 6) is -0.188. The van der Waals surface area contributed by atoms with Gasteiger partial charge in [-0.2, -0.15) is 4.31 Å². The predicted molar refractivity (Wildman–Crippen MR) is 110 cm³/mol. The number of halogens is 1. The number of hydrogen-bond donors (Lipinski definition) is 1. The van der Waals surface area contributed by atoms with Crippen LogP contribution in [0.5, 0.6) is 5.75 Å². The zero-order chi connectivity index (χ0) is 21.0. The summed E-state index contributed by atoms with van der Waals surface area (Å²) in [6.45, 7) is 3.03. The van der Waals surface area contributed by atoms with E-state index in [0.29, 0.717) is 18.2 Å². The maximum absolute atomic E-state index is 13.1. The van der Waals surface area contributed by atoms with Gasteiger partial charge in [0.15, 0.2) is 0 Å². The number of amides is 1. The molecule has 2 aromatic carbocycles. The van der Waals surface area contributed by atoms with Crippen LogP contribution in [0.1, 0.15) is 28.9 Å². The lowest BCUT2D eigenvalue weighted by Crippen LogP contribution is -2.40. The predicted octanol–water partition coefficient (Wildman–Crippen LogP) is 2.86. The van der Waals surface area contributed by atoms with E-state index in [2.05, 4.69) is 5.32 Å². The van der Waals surface area contributed by atoms with Crippen LogP contribution in [0.25, 0.3) is 0 Å². The number of sulfonamides is 1. The molecule has 0 aliphatic carbocycles. The van der Waals surface area contributed by atoms with E-state index in [1.54, 1.807) is 18.2 Å². The van der Waals surface area contributed by atoms with Crippen molar-refractivity contribution in [3.63, 3.8) is 0 Å². The molecule has 0 saturated carbocycles. The second-order valence-corrected chi connectivity index (χ2v) is 8.97. The fourth-order valence-corrected chi connectivity index (χ4v) is 4.78. The van der Waals surface area contributed by atoms with E-state index >= 15 is 0 Å². The van der Waals surface area contributed by atoms with Gasteiger partial charge < -0.3 is 14.8 Å². The Bertz CT molecular complexity index is 973. The van der Waals surface area contributed by atoms with Crippen molar-refractivity contribution in [1.29, 1.82) is 0 Å². The first-order chi connectivity index (χ1) is 13.8. The number of carbonyl (C=O) groups excluding carboxylic acids is 1. The number of rotatable bonds is 6. The molecule has 9 heteroatoms. The van der Waals surface area contributed by atoms with Crippen molar-refractivity contribution in [2.75, 3.05) is 33.4 Å². The lowest BCUT2D eigenvalue weighted by molar-refractivity contribution is 0.0729. The Morgan fingerprint density at radius 2 is 1.83 bits per heavy atom. The third kappa shape index (κ3) is 4.90. The summed E-state index contributed by atoms with van der Waals surface area (Å²) in [6, 6.07) is 11.3. The molecule has 2 aromatic rings. The Kier molecular flexibility index (Phi) is 6.79. The van der Waals surface area contributed by atoms with Crippen LogP contribution in [0.2, 0.25) is 5.02 Å². The first kappa shape index (κ1) is 21.6.